The number of rotatable bonds is 5. The van der Waals surface area contributed by atoms with Crippen molar-refractivity contribution in [2.24, 2.45) is 0 Å². The number of carbonyl (C=O) groups excluding carboxylic acids is 1. The summed E-state index contributed by atoms with van der Waals surface area (Å²) in [5.74, 6) is -1.01. The van der Waals surface area contributed by atoms with Crippen LogP contribution in [0, 0.1) is 6.92 Å². The minimum absolute atomic E-state index is 0.107. The predicted molar refractivity (Wildman–Crippen MR) is 105 cm³/mol. The second kappa shape index (κ2) is 7.08. The second-order valence-electron chi connectivity index (χ2n) is 5.93. The number of carboxylic acids is 1. The van der Waals surface area contributed by atoms with Gasteiger partial charge in [-0.3, -0.25) is 9.89 Å². The van der Waals surface area contributed by atoms with E-state index in [1.807, 2.05) is 19.1 Å². The van der Waals surface area contributed by atoms with Crippen LogP contribution in [0.25, 0.3) is 10.9 Å². The maximum atomic E-state index is 12.6. The Balaban J connectivity index is 1.53. The molecule has 0 aliphatic heterocycles. The second-order valence-corrected chi connectivity index (χ2v) is 6.96. The number of aromatic carboxylic acids is 1. The normalized spacial score (nSPS) is 10.8. The number of carboxylic acid groups (broad SMARTS) is 1. The summed E-state index contributed by atoms with van der Waals surface area (Å²) in [5, 5.41) is 23.0. The quantitative estimate of drug-likeness (QED) is 0.407. The average molecular weight is 394 g/mol. The molecule has 0 unspecified atom stereocenters. The van der Waals surface area contributed by atoms with Crippen LogP contribution in [0.4, 0.5) is 16.6 Å². The summed E-state index contributed by atoms with van der Waals surface area (Å²) in [4.78, 5) is 32.3. The number of benzene rings is 1. The van der Waals surface area contributed by atoms with Gasteiger partial charge in [-0.2, -0.15) is 5.10 Å². The van der Waals surface area contributed by atoms with Gasteiger partial charge >= 0.3 is 5.97 Å². The molecule has 0 atom stereocenters. The number of hydrogen-bond acceptors (Lipinski definition) is 7. The van der Waals surface area contributed by atoms with Crippen molar-refractivity contribution in [2.75, 3.05) is 10.6 Å². The number of amides is 1. The molecule has 4 N–H and O–H groups in total. The molecule has 28 heavy (non-hydrogen) atoms. The minimum atomic E-state index is -1.05. The van der Waals surface area contributed by atoms with Gasteiger partial charge in [0.2, 0.25) is 0 Å². The summed E-state index contributed by atoms with van der Waals surface area (Å²) in [7, 11) is 0. The highest BCUT2D eigenvalue weighted by Gasteiger charge is 2.15. The largest absolute Gasteiger partial charge is 0.478 e. The molecule has 4 rings (SSSR count). The first-order valence-corrected chi connectivity index (χ1v) is 8.99. The van der Waals surface area contributed by atoms with Crippen molar-refractivity contribution >= 4 is 50.8 Å². The highest BCUT2D eigenvalue weighted by atomic mass is 32.1. The summed E-state index contributed by atoms with van der Waals surface area (Å²) in [6, 6.07) is 6.59. The number of H-pyrrole nitrogens is 1. The molecule has 4 aromatic rings. The number of aryl methyl sites for hydroxylation is 1. The molecule has 0 aliphatic carbocycles. The number of aromatic amines is 1. The number of aromatic nitrogens is 4. The van der Waals surface area contributed by atoms with Gasteiger partial charge in [0.15, 0.2) is 5.13 Å². The molecule has 0 radical (unpaired) electrons. The van der Waals surface area contributed by atoms with Gasteiger partial charge in [0.1, 0.15) is 10.7 Å². The molecule has 0 saturated carbocycles. The average Bonchev–Trinajstić information content (AvgIpc) is 3.33. The van der Waals surface area contributed by atoms with E-state index in [1.54, 1.807) is 6.20 Å². The van der Waals surface area contributed by atoms with Gasteiger partial charge in [-0.25, -0.2) is 14.8 Å². The van der Waals surface area contributed by atoms with Crippen molar-refractivity contribution in [2.45, 2.75) is 6.92 Å². The van der Waals surface area contributed by atoms with Crippen LogP contribution >= 0.6 is 11.3 Å². The van der Waals surface area contributed by atoms with Crippen molar-refractivity contribution in [1.82, 2.24) is 20.2 Å². The van der Waals surface area contributed by atoms with E-state index in [9.17, 15) is 9.59 Å². The van der Waals surface area contributed by atoms with Crippen LogP contribution in [-0.4, -0.2) is 37.1 Å². The lowest BCUT2D eigenvalue weighted by molar-refractivity contribution is 0.0696. The minimum Gasteiger partial charge on any atom is -0.478 e. The highest BCUT2D eigenvalue weighted by Crippen LogP contribution is 2.28. The molecule has 0 spiro atoms. The fourth-order valence-corrected chi connectivity index (χ4v) is 3.36. The monoisotopic (exact) mass is 394 g/mol. The van der Waals surface area contributed by atoms with Crippen molar-refractivity contribution < 1.29 is 14.7 Å². The fourth-order valence-electron chi connectivity index (χ4n) is 2.65. The molecule has 3 aromatic heterocycles. The van der Waals surface area contributed by atoms with Crippen LogP contribution in [-0.2, 0) is 0 Å². The first kappa shape index (κ1) is 17.6. The number of anilines is 3. The van der Waals surface area contributed by atoms with Crippen molar-refractivity contribution in [3.63, 3.8) is 0 Å². The Labute approximate surface area is 162 Å². The summed E-state index contributed by atoms with van der Waals surface area (Å²) < 4.78 is 0. The Kier molecular flexibility index (Phi) is 4.45. The van der Waals surface area contributed by atoms with Crippen molar-refractivity contribution in [3.8, 4) is 0 Å². The van der Waals surface area contributed by atoms with Gasteiger partial charge in [0.25, 0.3) is 5.91 Å². The van der Waals surface area contributed by atoms with E-state index in [-0.39, 0.29) is 11.5 Å². The molecule has 140 valence electrons. The highest BCUT2D eigenvalue weighted by molar-refractivity contribution is 7.17. The lowest BCUT2D eigenvalue weighted by atomic mass is 10.1. The first-order chi connectivity index (χ1) is 13.5. The third kappa shape index (κ3) is 3.40. The third-order valence-electron chi connectivity index (χ3n) is 4.04. The van der Waals surface area contributed by atoms with E-state index in [4.69, 9.17) is 5.11 Å². The lowest BCUT2D eigenvalue weighted by Gasteiger charge is -2.08. The van der Waals surface area contributed by atoms with E-state index in [2.05, 4.69) is 30.8 Å². The van der Waals surface area contributed by atoms with Crippen LogP contribution in [0.3, 0.4) is 0 Å². The zero-order valence-corrected chi connectivity index (χ0v) is 15.4. The van der Waals surface area contributed by atoms with Gasteiger partial charge in [-0.05, 0) is 30.7 Å². The van der Waals surface area contributed by atoms with E-state index in [0.717, 1.165) is 27.8 Å². The number of carbonyl (C=O) groups is 2. The van der Waals surface area contributed by atoms with Gasteiger partial charge < -0.3 is 15.7 Å². The van der Waals surface area contributed by atoms with Crippen LogP contribution < -0.4 is 10.6 Å². The van der Waals surface area contributed by atoms with Gasteiger partial charge in [-0.1, -0.05) is 17.4 Å². The predicted octanol–water partition coefficient (Wildman–Crippen LogP) is 3.42. The fraction of sp³-hybridized carbons (Fsp3) is 0.0556. The van der Waals surface area contributed by atoms with E-state index >= 15 is 0 Å². The molecule has 0 bridgehead atoms. The number of fused-ring (bicyclic) bond motifs is 1. The number of hydrogen-bond donors (Lipinski definition) is 4. The molecule has 9 nitrogen and oxygen atoms in total. The standard InChI is InChI=1S/C18H14N6O3S/c1-9-2-3-12-11(7-21-24-12)15(9)23-16(25)13-8-20-18(28-13)22-14-6-10(17(26)27)4-5-19-14/h2-8H,1H3,(H,21,24)(H,23,25)(H,26,27)(H,19,20,22). The Hall–Kier alpha value is -3.79. The van der Waals surface area contributed by atoms with Crippen molar-refractivity contribution in [1.29, 1.82) is 0 Å². The molecule has 10 heteroatoms. The zero-order valence-electron chi connectivity index (χ0n) is 14.6. The Morgan fingerprint density at radius 1 is 1.18 bits per heavy atom. The van der Waals surface area contributed by atoms with Gasteiger partial charge in [-0.15, -0.1) is 0 Å². The van der Waals surface area contributed by atoms with Crippen LogP contribution in [0.15, 0.2) is 42.9 Å². The molecule has 1 amide bonds. The Bertz CT molecular complexity index is 1200. The van der Waals surface area contributed by atoms with Crippen LogP contribution in [0.2, 0.25) is 0 Å². The molecule has 0 saturated heterocycles. The molecule has 0 fully saturated rings. The Morgan fingerprint density at radius 2 is 2.04 bits per heavy atom. The van der Waals surface area contributed by atoms with Gasteiger partial charge in [0, 0.05) is 11.6 Å². The topological polar surface area (TPSA) is 133 Å². The molecular formula is C18H14N6O3S. The number of thiazole rings is 1. The summed E-state index contributed by atoms with van der Waals surface area (Å²) in [5.41, 5.74) is 2.54. The smallest absolute Gasteiger partial charge is 0.335 e. The third-order valence-corrected chi connectivity index (χ3v) is 4.95. The molecule has 0 aliphatic rings. The van der Waals surface area contributed by atoms with E-state index in [1.165, 1.54) is 24.5 Å². The molecule has 3 heterocycles. The maximum Gasteiger partial charge on any atom is 0.335 e. The zero-order chi connectivity index (χ0) is 19.7. The van der Waals surface area contributed by atoms with Crippen LogP contribution in [0.1, 0.15) is 25.6 Å². The maximum absolute atomic E-state index is 12.6. The summed E-state index contributed by atoms with van der Waals surface area (Å²) in [6.07, 6.45) is 4.51. The summed E-state index contributed by atoms with van der Waals surface area (Å²) >= 11 is 1.14. The SMILES string of the molecule is Cc1ccc2[nH]ncc2c1NC(=O)c1cnc(Nc2cc(C(=O)O)ccn2)s1. The van der Waals surface area contributed by atoms with E-state index in [0.29, 0.717) is 21.5 Å². The van der Waals surface area contributed by atoms with Crippen LogP contribution in [0.5, 0.6) is 0 Å². The number of nitrogens with one attached hydrogen (secondary N) is 3. The molecular weight excluding hydrogens is 380 g/mol. The lowest BCUT2D eigenvalue weighted by Crippen LogP contribution is -2.11. The molecule has 1 aromatic carbocycles. The summed E-state index contributed by atoms with van der Waals surface area (Å²) in [6.45, 7) is 1.91. The number of nitrogens with zero attached hydrogens (tertiary/aromatic N) is 3. The van der Waals surface area contributed by atoms with Crippen molar-refractivity contribution in [3.05, 3.63) is 58.9 Å². The first-order valence-electron chi connectivity index (χ1n) is 8.17. The van der Waals surface area contributed by atoms with Gasteiger partial charge in [0.05, 0.1) is 29.2 Å². The number of pyridine rings is 1. The Morgan fingerprint density at radius 3 is 2.86 bits per heavy atom. The van der Waals surface area contributed by atoms with E-state index < -0.39 is 5.97 Å².